The van der Waals surface area contributed by atoms with Crippen molar-refractivity contribution < 1.29 is 4.39 Å². The summed E-state index contributed by atoms with van der Waals surface area (Å²) in [6.45, 7) is 9.65. The molecule has 1 aromatic carbocycles. The number of hydrogen-bond acceptors (Lipinski definition) is 2. The lowest BCUT2D eigenvalue weighted by molar-refractivity contribution is 0.206. The van der Waals surface area contributed by atoms with Crippen LogP contribution in [0.2, 0.25) is 0 Å². The first kappa shape index (κ1) is 16.0. The van der Waals surface area contributed by atoms with Gasteiger partial charge in [0.1, 0.15) is 5.82 Å². The Bertz CT molecular complexity index is 525. The van der Waals surface area contributed by atoms with Gasteiger partial charge >= 0.3 is 0 Å². The molecule has 0 amide bonds. The molecule has 1 aliphatic heterocycles. The van der Waals surface area contributed by atoms with Gasteiger partial charge in [0.05, 0.1) is 11.6 Å². The van der Waals surface area contributed by atoms with Crippen molar-refractivity contribution in [2.75, 3.05) is 13.1 Å². The van der Waals surface area contributed by atoms with Crippen LogP contribution in [0.15, 0.2) is 18.2 Å². The molecule has 1 atom stereocenters. The third-order valence-corrected chi connectivity index (χ3v) is 4.62. The minimum Gasteiger partial charge on any atom is -0.299 e. The standard InChI is InChI=1S/C18H25FN2/c1-18(2,3)16-5-4-9-21(10-8-16)13-15-7-6-14(12-20)11-17(15)19/h6-7,11,16H,4-5,8-10,13H2,1-3H3. The fraction of sp³-hybridized carbons (Fsp3) is 0.611. The van der Waals surface area contributed by atoms with E-state index >= 15 is 0 Å². The van der Waals surface area contributed by atoms with Gasteiger partial charge in [0.2, 0.25) is 0 Å². The SMILES string of the molecule is CC(C)(C)C1CCCN(Cc2ccc(C#N)cc2F)CC1. The molecule has 0 bridgehead atoms. The zero-order valence-corrected chi connectivity index (χ0v) is 13.3. The van der Waals surface area contributed by atoms with Gasteiger partial charge in [0.15, 0.2) is 0 Å². The highest BCUT2D eigenvalue weighted by atomic mass is 19.1. The fourth-order valence-electron chi connectivity index (χ4n) is 3.17. The van der Waals surface area contributed by atoms with E-state index in [0.29, 0.717) is 23.1 Å². The normalized spacial score (nSPS) is 20.8. The predicted octanol–water partition coefficient (Wildman–Crippen LogP) is 4.35. The van der Waals surface area contributed by atoms with Crippen LogP contribution >= 0.6 is 0 Å². The van der Waals surface area contributed by atoms with E-state index in [-0.39, 0.29) is 5.82 Å². The van der Waals surface area contributed by atoms with Crippen molar-refractivity contribution in [2.24, 2.45) is 11.3 Å². The average Bonchev–Trinajstić information content (AvgIpc) is 2.66. The Morgan fingerprint density at radius 2 is 2.05 bits per heavy atom. The van der Waals surface area contributed by atoms with Gasteiger partial charge in [0.25, 0.3) is 0 Å². The van der Waals surface area contributed by atoms with Crippen LogP contribution in [0.25, 0.3) is 0 Å². The Balaban J connectivity index is 2.00. The summed E-state index contributed by atoms with van der Waals surface area (Å²) in [5.41, 5.74) is 1.44. The van der Waals surface area contributed by atoms with Crippen molar-refractivity contribution in [1.82, 2.24) is 4.90 Å². The van der Waals surface area contributed by atoms with E-state index in [0.717, 1.165) is 19.0 Å². The van der Waals surface area contributed by atoms with Gasteiger partial charge in [-0.1, -0.05) is 26.8 Å². The highest BCUT2D eigenvalue weighted by Gasteiger charge is 2.27. The number of likely N-dealkylation sites (tertiary alicyclic amines) is 1. The first-order valence-corrected chi connectivity index (χ1v) is 7.81. The van der Waals surface area contributed by atoms with Crippen molar-refractivity contribution >= 4 is 0 Å². The second kappa shape index (κ2) is 6.58. The molecule has 1 aromatic rings. The Morgan fingerprint density at radius 1 is 1.29 bits per heavy atom. The number of nitrogens with zero attached hydrogens (tertiary/aromatic N) is 2. The predicted molar refractivity (Wildman–Crippen MR) is 83.2 cm³/mol. The molecule has 114 valence electrons. The van der Waals surface area contributed by atoms with Crippen LogP contribution in [-0.2, 0) is 6.54 Å². The van der Waals surface area contributed by atoms with Crippen LogP contribution in [0.3, 0.4) is 0 Å². The van der Waals surface area contributed by atoms with Crippen LogP contribution in [0.1, 0.15) is 51.2 Å². The van der Waals surface area contributed by atoms with Gasteiger partial charge in [-0.3, -0.25) is 4.90 Å². The molecule has 1 heterocycles. The molecule has 3 heteroatoms. The van der Waals surface area contributed by atoms with Crippen LogP contribution in [0, 0.1) is 28.5 Å². The Morgan fingerprint density at radius 3 is 2.67 bits per heavy atom. The molecule has 2 nitrogen and oxygen atoms in total. The lowest BCUT2D eigenvalue weighted by Crippen LogP contribution is -2.26. The van der Waals surface area contributed by atoms with Crippen LogP contribution in [-0.4, -0.2) is 18.0 Å². The number of rotatable bonds is 2. The van der Waals surface area contributed by atoms with E-state index in [1.165, 1.54) is 25.3 Å². The number of benzene rings is 1. The summed E-state index contributed by atoms with van der Waals surface area (Å²) < 4.78 is 14.0. The van der Waals surface area contributed by atoms with E-state index in [9.17, 15) is 4.39 Å². The fourth-order valence-corrected chi connectivity index (χ4v) is 3.17. The summed E-state index contributed by atoms with van der Waals surface area (Å²) in [6.07, 6.45) is 3.62. The van der Waals surface area contributed by atoms with E-state index in [2.05, 4.69) is 25.7 Å². The second-order valence-corrected chi connectivity index (χ2v) is 7.19. The van der Waals surface area contributed by atoms with Gasteiger partial charge in [-0.15, -0.1) is 0 Å². The third-order valence-electron chi connectivity index (χ3n) is 4.62. The van der Waals surface area contributed by atoms with Crippen molar-refractivity contribution in [3.05, 3.63) is 35.1 Å². The first-order chi connectivity index (χ1) is 9.90. The first-order valence-electron chi connectivity index (χ1n) is 7.81. The third kappa shape index (κ3) is 4.28. The Labute approximate surface area is 127 Å². The zero-order chi connectivity index (χ0) is 15.5. The molecule has 0 spiro atoms. The monoisotopic (exact) mass is 288 g/mol. The molecule has 1 fully saturated rings. The molecule has 1 saturated heterocycles. The lowest BCUT2D eigenvalue weighted by atomic mass is 9.77. The molecular formula is C18H25FN2. The summed E-state index contributed by atoms with van der Waals surface area (Å²) >= 11 is 0. The van der Waals surface area contributed by atoms with Crippen LogP contribution < -0.4 is 0 Å². The summed E-state index contributed by atoms with van der Waals surface area (Å²) in [6, 6.07) is 6.77. The topological polar surface area (TPSA) is 27.0 Å². The molecular weight excluding hydrogens is 263 g/mol. The van der Waals surface area contributed by atoms with Crippen molar-refractivity contribution in [3.8, 4) is 6.07 Å². The minimum atomic E-state index is -0.259. The van der Waals surface area contributed by atoms with Crippen LogP contribution in [0.4, 0.5) is 4.39 Å². The second-order valence-electron chi connectivity index (χ2n) is 7.19. The molecule has 0 saturated carbocycles. The van der Waals surface area contributed by atoms with E-state index in [4.69, 9.17) is 5.26 Å². The molecule has 21 heavy (non-hydrogen) atoms. The van der Waals surface area contributed by atoms with Gasteiger partial charge in [-0.25, -0.2) is 4.39 Å². The molecule has 1 aliphatic rings. The molecule has 0 aromatic heterocycles. The van der Waals surface area contributed by atoms with Crippen molar-refractivity contribution in [3.63, 3.8) is 0 Å². The van der Waals surface area contributed by atoms with E-state index in [1.54, 1.807) is 12.1 Å². The lowest BCUT2D eigenvalue weighted by Gasteiger charge is -2.29. The van der Waals surface area contributed by atoms with Crippen LogP contribution in [0.5, 0.6) is 0 Å². The van der Waals surface area contributed by atoms with Crippen molar-refractivity contribution in [1.29, 1.82) is 5.26 Å². The number of hydrogen-bond donors (Lipinski definition) is 0. The highest BCUT2D eigenvalue weighted by molar-refractivity contribution is 5.32. The Kier molecular flexibility index (Phi) is 5.00. The molecule has 1 unspecified atom stereocenters. The van der Waals surface area contributed by atoms with Gasteiger partial charge < -0.3 is 0 Å². The maximum Gasteiger partial charge on any atom is 0.129 e. The molecule has 0 radical (unpaired) electrons. The van der Waals surface area contributed by atoms with Gasteiger partial charge in [0, 0.05) is 12.1 Å². The maximum atomic E-state index is 14.0. The molecule has 0 aliphatic carbocycles. The smallest absolute Gasteiger partial charge is 0.129 e. The summed E-state index contributed by atoms with van der Waals surface area (Å²) in [5, 5.41) is 8.79. The number of halogens is 1. The summed E-state index contributed by atoms with van der Waals surface area (Å²) in [7, 11) is 0. The minimum absolute atomic E-state index is 0.259. The largest absolute Gasteiger partial charge is 0.299 e. The van der Waals surface area contributed by atoms with E-state index in [1.807, 2.05) is 6.07 Å². The number of nitriles is 1. The van der Waals surface area contributed by atoms with Gasteiger partial charge in [-0.2, -0.15) is 5.26 Å². The van der Waals surface area contributed by atoms with Gasteiger partial charge in [-0.05, 0) is 55.8 Å². The highest BCUT2D eigenvalue weighted by Crippen LogP contribution is 2.34. The average molecular weight is 288 g/mol. The summed E-state index contributed by atoms with van der Waals surface area (Å²) in [5.74, 6) is 0.485. The summed E-state index contributed by atoms with van der Waals surface area (Å²) in [4.78, 5) is 2.34. The molecule has 0 N–H and O–H groups in total. The van der Waals surface area contributed by atoms with Crippen molar-refractivity contribution in [2.45, 2.75) is 46.6 Å². The quantitative estimate of drug-likeness (QED) is 0.809. The maximum absolute atomic E-state index is 14.0. The van der Waals surface area contributed by atoms with E-state index < -0.39 is 0 Å². The Hall–Kier alpha value is -1.40. The zero-order valence-electron chi connectivity index (χ0n) is 13.3. The molecule has 2 rings (SSSR count).